The highest BCUT2D eigenvalue weighted by Crippen LogP contribution is 2.32. The summed E-state index contributed by atoms with van der Waals surface area (Å²) in [5, 5.41) is 3.01. The number of hydrogen-bond donors (Lipinski definition) is 1. The Hall–Kier alpha value is -1.14. The Labute approximate surface area is 133 Å². The molecular formula is C15H20ClF3N2O. The van der Waals surface area contributed by atoms with Crippen LogP contribution in [0.15, 0.2) is 18.2 Å². The predicted molar refractivity (Wildman–Crippen MR) is 81.9 cm³/mol. The van der Waals surface area contributed by atoms with E-state index in [0.29, 0.717) is 23.2 Å². The molecule has 1 aromatic rings. The second kappa shape index (κ2) is 7.42. The molecule has 1 aliphatic rings. The summed E-state index contributed by atoms with van der Waals surface area (Å²) in [5.74, 6) is 1.04. The predicted octanol–water partition coefficient (Wildman–Crippen LogP) is 3.72. The van der Waals surface area contributed by atoms with Crippen LogP contribution in [-0.4, -0.2) is 39.5 Å². The van der Waals surface area contributed by atoms with Crippen molar-refractivity contribution in [3.63, 3.8) is 0 Å². The number of alkyl halides is 3. The van der Waals surface area contributed by atoms with Crippen LogP contribution in [0.2, 0.25) is 5.02 Å². The van der Waals surface area contributed by atoms with Gasteiger partial charge >= 0.3 is 6.18 Å². The SMILES string of the molecule is COc1ccc(N2CCC(CCNCC(F)(F)F)C2)cc1Cl. The summed E-state index contributed by atoms with van der Waals surface area (Å²) in [6, 6.07) is 5.65. The van der Waals surface area contributed by atoms with Gasteiger partial charge in [0, 0.05) is 18.8 Å². The summed E-state index contributed by atoms with van der Waals surface area (Å²) in [4.78, 5) is 2.21. The standard InChI is InChI=1S/C15H20ClF3N2O/c1-22-14-3-2-12(8-13(14)16)21-7-5-11(9-21)4-6-20-10-15(17,18)19/h2-3,8,11,20H,4-7,9-10H2,1H3. The molecule has 1 N–H and O–H groups in total. The van der Waals surface area contributed by atoms with Gasteiger partial charge in [-0.3, -0.25) is 0 Å². The molecule has 0 saturated carbocycles. The smallest absolute Gasteiger partial charge is 0.401 e. The number of rotatable bonds is 6. The molecule has 1 atom stereocenters. The maximum atomic E-state index is 12.0. The van der Waals surface area contributed by atoms with Crippen LogP contribution in [0.4, 0.5) is 18.9 Å². The molecule has 0 aliphatic carbocycles. The second-order valence-electron chi connectivity index (χ2n) is 5.50. The Bertz CT molecular complexity index is 496. The van der Waals surface area contributed by atoms with E-state index < -0.39 is 12.7 Å². The number of methoxy groups -OCH3 is 1. The molecule has 1 aliphatic heterocycles. The number of hydrogen-bond acceptors (Lipinski definition) is 3. The summed E-state index contributed by atoms with van der Waals surface area (Å²) in [7, 11) is 1.57. The average molecular weight is 337 g/mol. The van der Waals surface area contributed by atoms with E-state index >= 15 is 0 Å². The molecule has 0 aromatic heterocycles. The summed E-state index contributed by atoms with van der Waals surface area (Å²) in [5.41, 5.74) is 1.02. The molecular weight excluding hydrogens is 317 g/mol. The quantitative estimate of drug-likeness (QED) is 0.801. The van der Waals surface area contributed by atoms with E-state index in [1.54, 1.807) is 7.11 Å². The topological polar surface area (TPSA) is 24.5 Å². The van der Waals surface area contributed by atoms with Gasteiger partial charge in [-0.05, 0) is 43.5 Å². The molecule has 1 fully saturated rings. The fourth-order valence-corrected chi connectivity index (χ4v) is 2.94. The van der Waals surface area contributed by atoms with Crippen LogP contribution in [0.5, 0.6) is 5.75 Å². The van der Waals surface area contributed by atoms with Crippen LogP contribution in [-0.2, 0) is 0 Å². The molecule has 2 rings (SSSR count). The summed E-state index contributed by atoms with van der Waals surface area (Å²) >= 11 is 6.12. The molecule has 1 saturated heterocycles. The Balaban J connectivity index is 1.79. The minimum absolute atomic E-state index is 0.390. The maximum absolute atomic E-state index is 12.0. The van der Waals surface area contributed by atoms with Gasteiger partial charge in [-0.25, -0.2) is 0 Å². The van der Waals surface area contributed by atoms with Gasteiger partial charge in [0.15, 0.2) is 0 Å². The number of anilines is 1. The van der Waals surface area contributed by atoms with Gasteiger partial charge in [-0.15, -0.1) is 0 Å². The zero-order chi connectivity index (χ0) is 16.2. The molecule has 0 radical (unpaired) electrons. The van der Waals surface area contributed by atoms with E-state index in [4.69, 9.17) is 16.3 Å². The number of benzene rings is 1. The molecule has 1 heterocycles. The number of halogens is 4. The summed E-state index contributed by atoms with van der Waals surface area (Å²) in [6.07, 6.45) is -2.41. The van der Waals surface area contributed by atoms with Crippen LogP contribution in [0.3, 0.4) is 0 Å². The monoisotopic (exact) mass is 336 g/mol. The normalized spacial score (nSPS) is 18.8. The van der Waals surface area contributed by atoms with Gasteiger partial charge in [0.2, 0.25) is 0 Å². The molecule has 7 heteroatoms. The highest BCUT2D eigenvalue weighted by atomic mass is 35.5. The Morgan fingerprint density at radius 3 is 2.82 bits per heavy atom. The molecule has 0 spiro atoms. The van der Waals surface area contributed by atoms with E-state index in [9.17, 15) is 13.2 Å². The van der Waals surface area contributed by atoms with Crippen LogP contribution >= 0.6 is 11.6 Å². The van der Waals surface area contributed by atoms with Crippen molar-refractivity contribution in [3.05, 3.63) is 23.2 Å². The van der Waals surface area contributed by atoms with Crippen molar-refractivity contribution >= 4 is 17.3 Å². The summed E-state index contributed by atoms with van der Waals surface area (Å²) in [6.45, 7) is 1.21. The molecule has 3 nitrogen and oxygen atoms in total. The minimum atomic E-state index is -4.14. The molecule has 1 aromatic carbocycles. The van der Waals surface area contributed by atoms with E-state index in [2.05, 4.69) is 10.2 Å². The lowest BCUT2D eigenvalue weighted by molar-refractivity contribution is -0.124. The maximum Gasteiger partial charge on any atom is 0.401 e. The van der Waals surface area contributed by atoms with Crippen molar-refractivity contribution in [1.29, 1.82) is 0 Å². The first-order valence-corrected chi connectivity index (χ1v) is 7.63. The van der Waals surface area contributed by atoms with Crippen LogP contribution in [0, 0.1) is 5.92 Å². The van der Waals surface area contributed by atoms with Crippen molar-refractivity contribution in [2.45, 2.75) is 19.0 Å². The molecule has 0 bridgehead atoms. The molecule has 1 unspecified atom stereocenters. The lowest BCUT2D eigenvalue weighted by atomic mass is 10.1. The van der Waals surface area contributed by atoms with Gasteiger partial charge in [0.05, 0.1) is 18.7 Å². The molecule has 22 heavy (non-hydrogen) atoms. The number of ether oxygens (including phenoxy) is 1. The van der Waals surface area contributed by atoms with Gasteiger partial charge in [0.1, 0.15) is 5.75 Å². The summed E-state index contributed by atoms with van der Waals surface area (Å²) < 4.78 is 41.3. The molecule has 124 valence electrons. The van der Waals surface area contributed by atoms with Gasteiger partial charge < -0.3 is 15.0 Å². The first-order valence-electron chi connectivity index (χ1n) is 7.25. The van der Waals surface area contributed by atoms with Crippen molar-refractivity contribution in [2.24, 2.45) is 5.92 Å². The average Bonchev–Trinajstić information content (AvgIpc) is 2.91. The number of nitrogens with one attached hydrogen (secondary N) is 1. The van der Waals surface area contributed by atoms with Gasteiger partial charge in [-0.1, -0.05) is 11.6 Å². The fourth-order valence-electron chi connectivity index (χ4n) is 2.69. The Kier molecular flexibility index (Phi) is 5.81. The number of nitrogens with zero attached hydrogens (tertiary/aromatic N) is 1. The van der Waals surface area contributed by atoms with Crippen LogP contribution in [0.25, 0.3) is 0 Å². The second-order valence-corrected chi connectivity index (χ2v) is 5.91. The third-order valence-electron chi connectivity index (χ3n) is 3.84. The first kappa shape index (κ1) is 17.2. The van der Waals surface area contributed by atoms with Crippen molar-refractivity contribution < 1.29 is 17.9 Å². The Morgan fingerprint density at radius 2 is 2.18 bits per heavy atom. The third kappa shape index (κ3) is 4.95. The zero-order valence-electron chi connectivity index (χ0n) is 12.4. The van der Waals surface area contributed by atoms with E-state index in [-0.39, 0.29) is 0 Å². The van der Waals surface area contributed by atoms with E-state index in [1.807, 2.05) is 18.2 Å². The lowest BCUT2D eigenvalue weighted by Crippen LogP contribution is -2.30. The van der Waals surface area contributed by atoms with Crippen molar-refractivity contribution in [1.82, 2.24) is 5.32 Å². The highest BCUT2D eigenvalue weighted by Gasteiger charge is 2.27. The van der Waals surface area contributed by atoms with E-state index in [0.717, 1.165) is 31.6 Å². The Morgan fingerprint density at radius 1 is 1.41 bits per heavy atom. The first-order chi connectivity index (χ1) is 10.4. The lowest BCUT2D eigenvalue weighted by Gasteiger charge is -2.20. The van der Waals surface area contributed by atoms with Crippen LogP contribution < -0.4 is 15.0 Å². The van der Waals surface area contributed by atoms with Gasteiger partial charge in [0.25, 0.3) is 0 Å². The highest BCUT2D eigenvalue weighted by molar-refractivity contribution is 6.32. The third-order valence-corrected chi connectivity index (χ3v) is 4.14. The zero-order valence-corrected chi connectivity index (χ0v) is 13.2. The minimum Gasteiger partial charge on any atom is -0.495 e. The fraction of sp³-hybridized carbons (Fsp3) is 0.600. The van der Waals surface area contributed by atoms with E-state index in [1.165, 1.54) is 0 Å². The van der Waals surface area contributed by atoms with Gasteiger partial charge in [-0.2, -0.15) is 13.2 Å². The van der Waals surface area contributed by atoms with Crippen LogP contribution in [0.1, 0.15) is 12.8 Å². The largest absolute Gasteiger partial charge is 0.495 e. The molecule has 0 amide bonds. The van der Waals surface area contributed by atoms with Crippen molar-refractivity contribution in [2.75, 3.05) is 38.2 Å². The van der Waals surface area contributed by atoms with Crippen molar-refractivity contribution in [3.8, 4) is 5.75 Å².